The fourth-order valence-corrected chi connectivity index (χ4v) is 2.65. The van der Waals surface area contributed by atoms with E-state index in [-0.39, 0.29) is 11.0 Å². The number of nitrogens with zero attached hydrogens (tertiary/aromatic N) is 1. The zero-order chi connectivity index (χ0) is 14.3. The summed E-state index contributed by atoms with van der Waals surface area (Å²) in [5.41, 5.74) is 2.90. The Hall–Kier alpha value is -2.37. The molecule has 0 atom stereocenters. The first kappa shape index (κ1) is 12.7. The van der Waals surface area contributed by atoms with Crippen LogP contribution < -0.4 is 5.32 Å². The van der Waals surface area contributed by atoms with E-state index in [9.17, 15) is 9.32 Å². The summed E-state index contributed by atoms with van der Waals surface area (Å²) in [6.07, 6.45) is 3.17. The van der Waals surface area contributed by atoms with E-state index in [2.05, 4.69) is 20.2 Å². The maximum atomic E-state index is 12.3. The SMILES string of the molecule is CC1(C)CNC=C(C(=O)OF)c2[nH]c3cccnc3c21. The van der Waals surface area contributed by atoms with Gasteiger partial charge in [-0.3, -0.25) is 4.98 Å². The summed E-state index contributed by atoms with van der Waals surface area (Å²) in [5, 5.41) is 3.02. The predicted molar refractivity (Wildman–Crippen MR) is 72.3 cm³/mol. The highest BCUT2D eigenvalue weighted by atomic mass is 19.3. The molecule has 0 bridgehead atoms. The number of hydrogen-bond donors (Lipinski definition) is 2. The number of aromatic amines is 1. The van der Waals surface area contributed by atoms with Gasteiger partial charge < -0.3 is 10.3 Å². The Labute approximate surface area is 114 Å². The fourth-order valence-electron chi connectivity index (χ4n) is 2.65. The lowest BCUT2D eigenvalue weighted by Gasteiger charge is -2.23. The molecule has 3 heterocycles. The maximum Gasteiger partial charge on any atom is 0.383 e. The summed E-state index contributed by atoms with van der Waals surface area (Å²) in [7, 11) is 0. The second-order valence-electron chi connectivity index (χ2n) is 5.46. The number of H-pyrrole nitrogens is 1. The molecule has 1 aliphatic rings. The van der Waals surface area contributed by atoms with Gasteiger partial charge in [-0.15, -0.1) is 0 Å². The van der Waals surface area contributed by atoms with Gasteiger partial charge in [-0.1, -0.05) is 13.8 Å². The highest BCUT2D eigenvalue weighted by Gasteiger charge is 2.34. The number of carbonyl (C=O) groups excluding carboxylic acids is 1. The topological polar surface area (TPSA) is 67.0 Å². The number of carbonyl (C=O) groups is 1. The third-order valence-electron chi connectivity index (χ3n) is 3.58. The van der Waals surface area contributed by atoms with Crippen LogP contribution in [0.1, 0.15) is 25.1 Å². The Morgan fingerprint density at radius 2 is 2.30 bits per heavy atom. The molecule has 2 aromatic heterocycles. The van der Waals surface area contributed by atoms with Crippen LogP contribution in [0.3, 0.4) is 0 Å². The van der Waals surface area contributed by atoms with E-state index >= 15 is 0 Å². The van der Waals surface area contributed by atoms with Crippen LogP contribution >= 0.6 is 0 Å². The Balaban J connectivity index is 2.33. The third-order valence-corrected chi connectivity index (χ3v) is 3.58. The van der Waals surface area contributed by atoms with E-state index in [1.54, 1.807) is 12.3 Å². The molecule has 1 aliphatic heterocycles. The van der Waals surface area contributed by atoms with Gasteiger partial charge >= 0.3 is 5.97 Å². The quantitative estimate of drug-likeness (QED) is 0.837. The lowest BCUT2D eigenvalue weighted by atomic mass is 9.83. The predicted octanol–water partition coefficient (Wildman–Crippen LogP) is 2.21. The van der Waals surface area contributed by atoms with Crippen LogP contribution in [0, 0.1) is 0 Å². The van der Waals surface area contributed by atoms with Crippen LogP contribution in [0.4, 0.5) is 4.53 Å². The van der Waals surface area contributed by atoms with Crippen molar-refractivity contribution < 1.29 is 14.3 Å². The van der Waals surface area contributed by atoms with Gasteiger partial charge in [0.2, 0.25) is 0 Å². The Morgan fingerprint density at radius 3 is 3.05 bits per heavy atom. The zero-order valence-electron chi connectivity index (χ0n) is 11.2. The minimum absolute atomic E-state index is 0.131. The molecule has 0 fully saturated rings. The monoisotopic (exact) mass is 275 g/mol. The average molecular weight is 275 g/mol. The summed E-state index contributed by atoms with van der Waals surface area (Å²) >= 11 is 0. The van der Waals surface area contributed by atoms with Crippen molar-refractivity contribution in [1.29, 1.82) is 0 Å². The van der Waals surface area contributed by atoms with Gasteiger partial charge in [0.25, 0.3) is 0 Å². The van der Waals surface area contributed by atoms with Crippen molar-refractivity contribution in [3.63, 3.8) is 0 Å². The standard InChI is InChI=1S/C14H14FN3O2/c1-14(2)7-16-6-8(13(19)20-15)11-10(14)12-9(18-11)4-3-5-17-12/h3-6,16,18H,7H2,1-2H3. The first-order valence-electron chi connectivity index (χ1n) is 6.28. The fraction of sp³-hybridized carbons (Fsp3) is 0.286. The molecule has 0 amide bonds. The summed E-state index contributed by atoms with van der Waals surface area (Å²) in [6, 6.07) is 3.68. The van der Waals surface area contributed by atoms with Gasteiger partial charge in [-0.25, -0.2) is 9.74 Å². The Kier molecular flexibility index (Phi) is 2.74. The third kappa shape index (κ3) is 1.76. The van der Waals surface area contributed by atoms with E-state index in [1.807, 2.05) is 19.9 Å². The van der Waals surface area contributed by atoms with E-state index in [4.69, 9.17) is 0 Å². The van der Waals surface area contributed by atoms with Gasteiger partial charge in [-0.05, 0) is 12.1 Å². The van der Waals surface area contributed by atoms with Gasteiger partial charge in [0.1, 0.15) is 5.57 Å². The van der Waals surface area contributed by atoms with Crippen LogP contribution in [0.15, 0.2) is 24.5 Å². The lowest BCUT2D eigenvalue weighted by molar-refractivity contribution is -0.175. The normalized spacial score (nSPS) is 16.9. The van der Waals surface area contributed by atoms with Gasteiger partial charge in [0.05, 0.1) is 16.7 Å². The number of aromatic nitrogens is 2. The van der Waals surface area contributed by atoms with Crippen LogP contribution in [0.5, 0.6) is 0 Å². The second-order valence-corrected chi connectivity index (χ2v) is 5.46. The molecule has 0 aliphatic carbocycles. The molecular formula is C14H14FN3O2. The highest BCUT2D eigenvalue weighted by molar-refractivity contribution is 6.17. The molecular weight excluding hydrogens is 261 g/mol. The molecule has 0 radical (unpaired) electrons. The summed E-state index contributed by atoms with van der Waals surface area (Å²) in [5.74, 6) is -1.02. The summed E-state index contributed by atoms with van der Waals surface area (Å²) < 4.78 is 12.3. The minimum atomic E-state index is -1.02. The molecule has 3 rings (SSSR count). The van der Waals surface area contributed by atoms with Crippen LogP contribution in [0.2, 0.25) is 0 Å². The average Bonchev–Trinajstić information content (AvgIpc) is 2.76. The zero-order valence-corrected chi connectivity index (χ0v) is 11.2. The largest absolute Gasteiger partial charge is 0.389 e. The smallest absolute Gasteiger partial charge is 0.383 e. The molecule has 2 N–H and O–H groups in total. The summed E-state index contributed by atoms with van der Waals surface area (Å²) in [6.45, 7) is 4.68. The van der Waals surface area contributed by atoms with E-state index in [0.717, 1.165) is 16.6 Å². The van der Waals surface area contributed by atoms with E-state index in [1.165, 1.54) is 6.20 Å². The van der Waals surface area contributed by atoms with Gasteiger partial charge in [-0.2, -0.15) is 0 Å². The maximum absolute atomic E-state index is 12.3. The van der Waals surface area contributed by atoms with Crippen molar-refractivity contribution in [2.45, 2.75) is 19.3 Å². The first-order valence-corrected chi connectivity index (χ1v) is 6.28. The second kappa shape index (κ2) is 4.33. The molecule has 0 spiro atoms. The van der Waals surface area contributed by atoms with Crippen molar-refractivity contribution in [3.8, 4) is 0 Å². The lowest BCUT2D eigenvalue weighted by Crippen LogP contribution is -2.29. The Morgan fingerprint density at radius 1 is 1.50 bits per heavy atom. The number of fused-ring (bicyclic) bond motifs is 3. The van der Waals surface area contributed by atoms with Crippen molar-refractivity contribution in [3.05, 3.63) is 35.8 Å². The van der Waals surface area contributed by atoms with Gasteiger partial charge in [0, 0.05) is 34.4 Å². The number of hydrogen-bond acceptors (Lipinski definition) is 4. The van der Waals surface area contributed by atoms with E-state index < -0.39 is 5.97 Å². The molecule has 5 nitrogen and oxygen atoms in total. The number of nitrogens with one attached hydrogen (secondary N) is 2. The number of rotatable bonds is 1. The van der Waals surface area contributed by atoms with Crippen molar-refractivity contribution >= 4 is 22.6 Å². The van der Waals surface area contributed by atoms with Crippen LogP contribution in [-0.2, 0) is 15.2 Å². The van der Waals surface area contributed by atoms with Crippen molar-refractivity contribution in [2.75, 3.05) is 6.54 Å². The number of pyridine rings is 1. The Bertz CT molecular complexity index is 718. The number of halogens is 1. The molecule has 0 saturated heterocycles. The van der Waals surface area contributed by atoms with Crippen LogP contribution in [-0.4, -0.2) is 22.5 Å². The summed E-state index contributed by atoms with van der Waals surface area (Å²) in [4.78, 5) is 22.5. The van der Waals surface area contributed by atoms with Crippen molar-refractivity contribution in [1.82, 2.24) is 15.3 Å². The van der Waals surface area contributed by atoms with Gasteiger partial charge in [0.15, 0.2) is 0 Å². The highest BCUT2D eigenvalue weighted by Crippen LogP contribution is 2.37. The van der Waals surface area contributed by atoms with Crippen molar-refractivity contribution in [2.24, 2.45) is 0 Å². The molecule has 0 aromatic carbocycles. The molecule has 2 aromatic rings. The minimum Gasteiger partial charge on any atom is -0.389 e. The molecule has 104 valence electrons. The van der Waals surface area contributed by atoms with Crippen LogP contribution in [0.25, 0.3) is 16.6 Å². The van der Waals surface area contributed by atoms with E-state index in [0.29, 0.717) is 12.2 Å². The molecule has 6 heteroatoms. The molecule has 0 saturated carbocycles. The first-order chi connectivity index (χ1) is 9.54. The molecule has 0 unspecified atom stereocenters. The molecule has 20 heavy (non-hydrogen) atoms.